The molecule has 4 aromatic rings. The molecule has 0 amide bonds. The highest BCUT2D eigenvalue weighted by Gasteiger charge is 2.55. The Hall–Kier alpha value is -3.07. The van der Waals surface area contributed by atoms with Crippen LogP contribution in [0.2, 0.25) is 0 Å². The number of benzene rings is 4. The zero-order valence-corrected chi connectivity index (χ0v) is 23.5. The third kappa shape index (κ3) is 8.47. The van der Waals surface area contributed by atoms with Gasteiger partial charge in [-0.2, -0.15) is 0 Å². The van der Waals surface area contributed by atoms with E-state index in [9.17, 15) is 5.11 Å². The van der Waals surface area contributed by atoms with Gasteiger partial charge in [-0.25, -0.2) is 0 Å². The molecule has 5 atom stereocenters. The van der Waals surface area contributed by atoms with Crippen LogP contribution in [0.5, 0.6) is 0 Å². The average molecular weight is 575 g/mol. The molecule has 1 unspecified atom stereocenters. The Morgan fingerprint density at radius 3 is 1.41 bits per heavy atom. The quantitative estimate of drug-likeness (QED) is 0.191. The van der Waals surface area contributed by atoms with Crippen LogP contribution in [0.15, 0.2) is 121 Å². The summed E-state index contributed by atoms with van der Waals surface area (Å²) in [5.74, 6) is 0. The number of hydrogen-bond donors (Lipinski definition) is 1. The monoisotopic (exact) mass is 574 g/mol. The van der Waals surface area contributed by atoms with Crippen molar-refractivity contribution in [2.75, 3.05) is 6.61 Å². The van der Waals surface area contributed by atoms with Gasteiger partial charge in [0, 0.05) is 0 Å². The van der Waals surface area contributed by atoms with Gasteiger partial charge in [-0.05, 0) is 22.3 Å². The lowest BCUT2D eigenvalue weighted by Gasteiger charge is -2.47. The van der Waals surface area contributed by atoms with Gasteiger partial charge in [0.25, 0.3) is 5.25 Å². The predicted octanol–water partition coefficient (Wildman–Crippen LogP) is 6.24. The third-order valence-corrected chi connectivity index (χ3v) is 7.20. The van der Waals surface area contributed by atoms with E-state index in [1.807, 2.05) is 121 Å². The first-order valence-corrected chi connectivity index (χ1v) is 14.1. The van der Waals surface area contributed by atoms with Gasteiger partial charge < -0.3 is 28.8 Å². The molecule has 1 aliphatic rings. The first-order chi connectivity index (χ1) is 20.1. The Balaban J connectivity index is 1.39. The topological polar surface area (TPSA) is 66.4 Å². The second-order valence-electron chi connectivity index (χ2n) is 10.0. The van der Waals surface area contributed by atoms with Crippen LogP contribution in [-0.2, 0) is 50.1 Å². The minimum absolute atomic E-state index is 0.125. The van der Waals surface area contributed by atoms with Crippen LogP contribution >= 0.6 is 11.6 Å². The fourth-order valence-electron chi connectivity index (χ4n) is 4.80. The first-order valence-electron chi connectivity index (χ1n) is 13.8. The lowest BCUT2D eigenvalue weighted by atomic mass is 9.97. The Bertz CT molecular complexity index is 1290. The van der Waals surface area contributed by atoms with Crippen LogP contribution in [0.1, 0.15) is 22.3 Å². The second kappa shape index (κ2) is 14.7. The number of halogens is 1. The van der Waals surface area contributed by atoms with Gasteiger partial charge in [0.2, 0.25) is 0 Å². The predicted molar refractivity (Wildman–Crippen MR) is 157 cm³/mol. The maximum absolute atomic E-state index is 11.4. The molecule has 7 heteroatoms. The SMILES string of the molecule is OC1(Cl)O[C@H](COCc2ccccc2)[C@H](OCc2ccccc2)[C@H](OCc2ccccc2)[C@H]1OCc1ccccc1. The van der Waals surface area contributed by atoms with E-state index >= 15 is 0 Å². The molecule has 0 saturated carbocycles. The van der Waals surface area contributed by atoms with Crippen LogP contribution < -0.4 is 0 Å². The summed E-state index contributed by atoms with van der Waals surface area (Å²) in [7, 11) is 0. The normalized spacial score (nSPS) is 24.2. The van der Waals surface area contributed by atoms with E-state index < -0.39 is 29.7 Å². The molecule has 0 bridgehead atoms. The van der Waals surface area contributed by atoms with Gasteiger partial charge >= 0.3 is 0 Å². The van der Waals surface area contributed by atoms with E-state index in [0.29, 0.717) is 13.2 Å². The van der Waals surface area contributed by atoms with Gasteiger partial charge in [-0.3, -0.25) is 0 Å². The summed E-state index contributed by atoms with van der Waals surface area (Å²) in [4.78, 5) is 0. The summed E-state index contributed by atoms with van der Waals surface area (Å²) < 4.78 is 31.3. The highest BCUT2D eigenvalue weighted by atomic mass is 35.5. The molecule has 0 aromatic heterocycles. The molecule has 1 aliphatic heterocycles. The van der Waals surface area contributed by atoms with E-state index in [1.54, 1.807) is 0 Å². The van der Waals surface area contributed by atoms with Crippen molar-refractivity contribution in [3.8, 4) is 0 Å². The molecule has 0 aliphatic carbocycles. The summed E-state index contributed by atoms with van der Waals surface area (Å²) in [6, 6.07) is 39.2. The van der Waals surface area contributed by atoms with E-state index in [0.717, 1.165) is 22.3 Å². The fourth-order valence-corrected chi connectivity index (χ4v) is 5.11. The lowest BCUT2D eigenvalue weighted by Crippen LogP contribution is -2.65. The number of alkyl halides is 1. The summed E-state index contributed by atoms with van der Waals surface area (Å²) in [6.07, 6.45) is -3.22. The van der Waals surface area contributed by atoms with E-state index in [-0.39, 0.29) is 19.8 Å². The Morgan fingerprint density at radius 2 is 0.951 bits per heavy atom. The number of ether oxygens (including phenoxy) is 5. The maximum atomic E-state index is 11.4. The molecule has 1 heterocycles. The largest absolute Gasteiger partial charge is 0.374 e. The molecule has 4 aromatic carbocycles. The maximum Gasteiger partial charge on any atom is 0.276 e. The first kappa shape index (κ1) is 29.4. The van der Waals surface area contributed by atoms with Crippen LogP contribution in [0, 0.1) is 0 Å². The minimum Gasteiger partial charge on any atom is -0.374 e. The van der Waals surface area contributed by atoms with Gasteiger partial charge in [0.05, 0.1) is 33.0 Å². The Morgan fingerprint density at radius 1 is 0.561 bits per heavy atom. The van der Waals surface area contributed by atoms with Crippen LogP contribution in [0.4, 0.5) is 0 Å². The number of hydrogen-bond acceptors (Lipinski definition) is 6. The Kier molecular flexibility index (Phi) is 10.6. The lowest BCUT2D eigenvalue weighted by molar-refractivity contribution is -0.337. The second-order valence-corrected chi connectivity index (χ2v) is 10.5. The zero-order valence-electron chi connectivity index (χ0n) is 22.8. The third-order valence-electron chi connectivity index (χ3n) is 6.89. The standard InChI is InChI=1S/C34H35ClO6/c35-34(36)33(40-24-29-19-11-4-12-20-29)32(39-23-28-17-9-3-10-18-28)31(38-22-27-15-7-2-8-16-27)30(41-34)25-37-21-26-13-5-1-6-14-26/h1-20,30-33,36H,21-25H2/t30-,31+,32+,33-,34?/m1/s1. The van der Waals surface area contributed by atoms with Gasteiger partial charge in [0.15, 0.2) is 6.10 Å². The van der Waals surface area contributed by atoms with E-state index in [2.05, 4.69) is 0 Å². The summed E-state index contributed by atoms with van der Waals surface area (Å²) in [6.45, 7) is 1.28. The molecule has 214 valence electrons. The zero-order chi connectivity index (χ0) is 28.3. The van der Waals surface area contributed by atoms with Crippen molar-refractivity contribution in [1.29, 1.82) is 0 Å². The van der Waals surface area contributed by atoms with Crippen LogP contribution in [0.3, 0.4) is 0 Å². The molecule has 6 nitrogen and oxygen atoms in total. The molecular weight excluding hydrogens is 540 g/mol. The van der Waals surface area contributed by atoms with Gasteiger partial charge in [0.1, 0.15) is 18.3 Å². The molecular formula is C34H35ClO6. The molecule has 5 rings (SSSR count). The summed E-state index contributed by atoms with van der Waals surface area (Å²) in [5.41, 5.74) is 3.91. The van der Waals surface area contributed by atoms with Crippen molar-refractivity contribution in [2.24, 2.45) is 0 Å². The van der Waals surface area contributed by atoms with Crippen molar-refractivity contribution >= 4 is 11.6 Å². The molecule has 1 N–H and O–H groups in total. The smallest absolute Gasteiger partial charge is 0.276 e. The molecule has 0 radical (unpaired) electrons. The van der Waals surface area contributed by atoms with Crippen LogP contribution in [-0.4, -0.2) is 41.4 Å². The van der Waals surface area contributed by atoms with Crippen molar-refractivity contribution < 1.29 is 28.8 Å². The fraction of sp³-hybridized carbons (Fsp3) is 0.294. The van der Waals surface area contributed by atoms with Crippen LogP contribution in [0.25, 0.3) is 0 Å². The summed E-state index contributed by atoms with van der Waals surface area (Å²) in [5, 5.41) is 9.22. The molecule has 1 saturated heterocycles. The highest BCUT2D eigenvalue weighted by Crippen LogP contribution is 2.38. The van der Waals surface area contributed by atoms with Crippen molar-refractivity contribution in [3.05, 3.63) is 144 Å². The van der Waals surface area contributed by atoms with Gasteiger partial charge in [-0.15, -0.1) is 0 Å². The molecule has 1 fully saturated rings. The minimum atomic E-state index is -2.18. The van der Waals surface area contributed by atoms with E-state index in [1.165, 1.54) is 0 Å². The average Bonchev–Trinajstić information content (AvgIpc) is 3.01. The number of aliphatic hydroxyl groups is 1. The van der Waals surface area contributed by atoms with Crippen molar-refractivity contribution in [3.63, 3.8) is 0 Å². The van der Waals surface area contributed by atoms with Crippen molar-refractivity contribution in [2.45, 2.75) is 56.1 Å². The van der Waals surface area contributed by atoms with Gasteiger partial charge in [-0.1, -0.05) is 133 Å². The molecule has 41 heavy (non-hydrogen) atoms. The summed E-state index contributed by atoms with van der Waals surface area (Å²) >= 11 is 6.67. The van der Waals surface area contributed by atoms with E-state index in [4.69, 9.17) is 35.3 Å². The number of rotatable bonds is 13. The highest BCUT2D eigenvalue weighted by molar-refractivity contribution is 6.22. The molecule has 0 spiro atoms. The van der Waals surface area contributed by atoms with Crippen molar-refractivity contribution in [1.82, 2.24) is 0 Å². The Labute approximate surface area is 246 Å².